The number of hydrogen-bond donors (Lipinski definition) is 0. The van der Waals surface area contributed by atoms with Gasteiger partial charge in [-0.25, -0.2) is 8.42 Å². The van der Waals surface area contributed by atoms with Crippen LogP contribution >= 0.6 is 34.8 Å². The number of sulfonamides is 1. The van der Waals surface area contributed by atoms with Gasteiger partial charge in [0.25, 0.3) is 10.0 Å². The monoisotopic (exact) mass is 325 g/mol. The van der Waals surface area contributed by atoms with Crippen LogP contribution in [0.5, 0.6) is 0 Å². The largest absolute Gasteiger partial charge is 0.267 e. The zero-order valence-corrected chi connectivity index (χ0v) is 12.3. The fraction of sp³-hybridized carbons (Fsp3) is 0.0909. The Morgan fingerprint density at radius 2 is 1.83 bits per heavy atom. The van der Waals surface area contributed by atoms with Crippen LogP contribution in [0.3, 0.4) is 0 Å². The molecule has 0 fully saturated rings. The summed E-state index contributed by atoms with van der Waals surface area (Å²) in [6.07, 6.45) is 2.55. The summed E-state index contributed by atoms with van der Waals surface area (Å²) in [5.41, 5.74) is 0. The summed E-state index contributed by atoms with van der Waals surface area (Å²) in [5, 5.41) is 0.454. The SMILES string of the molecule is C=CCN(C=C(Cl)Cl)S(=O)(=O)c1ccc(Cl)cc1. The molecule has 0 N–H and O–H groups in total. The highest BCUT2D eigenvalue weighted by atomic mass is 35.5. The lowest BCUT2D eigenvalue weighted by molar-refractivity contribution is 0.522. The van der Waals surface area contributed by atoms with Crippen LogP contribution in [-0.4, -0.2) is 19.3 Å². The maximum absolute atomic E-state index is 12.2. The predicted molar refractivity (Wildman–Crippen MR) is 75.3 cm³/mol. The lowest BCUT2D eigenvalue weighted by Crippen LogP contribution is -2.26. The van der Waals surface area contributed by atoms with Gasteiger partial charge in [-0.15, -0.1) is 6.58 Å². The fourth-order valence-electron chi connectivity index (χ4n) is 1.20. The average Bonchev–Trinajstić information content (AvgIpc) is 2.28. The highest BCUT2D eigenvalue weighted by Gasteiger charge is 2.20. The minimum Gasteiger partial charge on any atom is -0.267 e. The molecule has 0 saturated heterocycles. The van der Waals surface area contributed by atoms with Gasteiger partial charge in [0.15, 0.2) is 0 Å². The van der Waals surface area contributed by atoms with E-state index in [4.69, 9.17) is 34.8 Å². The van der Waals surface area contributed by atoms with E-state index in [9.17, 15) is 8.42 Å². The van der Waals surface area contributed by atoms with Crippen molar-refractivity contribution >= 4 is 44.8 Å². The first kappa shape index (κ1) is 15.4. The Balaban J connectivity index is 3.20. The topological polar surface area (TPSA) is 37.4 Å². The maximum atomic E-state index is 12.2. The van der Waals surface area contributed by atoms with Crippen LogP contribution in [0.25, 0.3) is 0 Å². The molecule has 0 aliphatic carbocycles. The van der Waals surface area contributed by atoms with Crippen LogP contribution in [0, 0.1) is 0 Å². The molecule has 1 aromatic rings. The molecular formula is C11H10Cl3NO2S. The Morgan fingerprint density at radius 1 is 1.28 bits per heavy atom. The van der Waals surface area contributed by atoms with Gasteiger partial charge in [0.1, 0.15) is 4.49 Å². The van der Waals surface area contributed by atoms with E-state index in [1.165, 1.54) is 30.3 Å². The highest BCUT2D eigenvalue weighted by molar-refractivity contribution is 7.89. The predicted octanol–water partition coefficient (Wildman–Crippen LogP) is 3.79. The molecule has 0 aliphatic rings. The number of nitrogens with zero attached hydrogens (tertiary/aromatic N) is 1. The van der Waals surface area contributed by atoms with Crippen molar-refractivity contribution in [2.24, 2.45) is 0 Å². The normalized spacial score (nSPS) is 10.8. The van der Waals surface area contributed by atoms with Crippen molar-refractivity contribution in [3.05, 3.63) is 52.6 Å². The van der Waals surface area contributed by atoms with E-state index in [2.05, 4.69) is 6.58 Å². The summed E-state index contributed by atoms with van der Waals surface area (Å²) in [6, 6.07) is 5.80. The number of halogens is 3. The molecule has 98 valence electrons. The van der Waals surface area contributed by atoms with Gasteiger partial charge < -0.3 is 0 Å². The smallest absolute Gasteiger partial charge is 0.264 e. The zero-order chi connectivity index (χ0) is 13.8. The van der Waals surface area contributed by atoms with Crippen LogP contribution in [0.1, 0.15) is 0 Å². The third-order valence-electron chi connectivity index (χ3n) is 1.97. The van der Waals surface area contributed by atoms with Crippen molar-refractivity contribution in [1.82, 2.24) is 4.31 Å². The van der Waals surface area contributed by atoms with Gasteiger partial charge in [-0.05, 0) is 24.3 Å². The first-order valence-corrected chi connectivity index (χ1v) is 7.36. The van der Waals surface area contributed by atoms with Crippen LogP contribution in [-0.2, 0) is 10.0 Å². The second-order valence-corrected chi connectivity index (χ2v) is 6.57. The Hall–Kier alpha value is -0.680. The lowest BCUT2D eigenvalue weighted by Gasteiger charge is -2.18. The fourth-order valence-corrected chi connectivity index (χ4v) is 2.97. The van der Waals surface area contributed by atoms with Gasteiger partial charge in [0, 0.05) is 11.2 Å². The van der Waals surface area contributed by atoms with Crippen molar-refractivity contribution in [2.45, 2.75) is 4.90 Å². The lowest BCUT2D eigenvalue weighted by atomic mass is 10.4. The van der Waals surface area contributed by atoms with Gasteiger partial charge in [-0.3, -0.25) is 4.31 Å². The van der Waals surface area contributed by atoms with E-state index in [0.29, 0.717) is 5.02 Å². The second-order valence-electron chi connectivity index (χ2n) is 3.24. The maximum Gasteiger partial charge on any atom is 0.264 e. The van der Waals surface area contributed by atoms with Crippen LogP contribution in [0.2, 0.25) is 5.02 Å². The van der Waals surface area contributed by atoms with E-state index >= 15 is 0 Å². The third kappa shape index (κ3) is 3.92. The molecular weight excluding hydrogens is 317 g/mol. The molecule has 0 aliphatic heterocycles. The van der Waals surface area contributed by atoms with E-state index in [1.54, 1.807) is 0 Å². The molecule has 0 atom stereocenters. The summed E-state index contributed by atoms with van der Waals surface area (Å²) < 4.78 is 25.3. The molecule has 0 amide bonds. The van der Waals surface area contributed by atoms with Crippen LogP contribution in [0.15, 0.2) is 52.5 Å². The summed E-state index contributed by atoms with van der Waals surface area (Å²) in [5.74, 6) is 0. The first-order chi connectivity index (χ1) is 8.37. The summed E-state index contributed by atoms with van der Waals surface area (Å²) in [4.78, 5) is 0.0968. The molecule has 0 unspecified atom stereocenters. The molecule has 7 heteroatoms. The summed E-state index contributed by atoms with van der Waals surface area (Å²) >= 11 is 16.7. The quantitative estimate of drug-likeness (QED) is 0.772. The first-order valence-electron chi connectivity index (χ1n) is 4.79. The summed E-state index contributed by atoms with van der Waals surface area (Å²) in [7, 11) is -3.72. The van der Waals surface area contributed by atoms with E-state index < -0.39 is 10.0 Å². The third-order valence-corrected chi connectivity index (χ3v) is 4.16. The van der Waals surface area contributed by atoms with Gasteiger partial charge in [-0.2, -0.15) is 0 Å². The zero-order valence-electron chi connectivity index (χ0n) is 9.18. The Labute approximate surface area is 121 Å². The van der Waals surface area contributed by atoms with Crippen LogP contribution in [0.4, 0.5) is 0 Å². The van der Waals surface area contributed by atoms with Gasteiger partial charge >= 0.3 is 0 Å². The van der Waals surface area contributed by atoms with Crippen molar-refractivity contribution in [2.75, 3.05) is 6.54 Å². The molecule has 0 spiro atoms. The molecule has 0 saturated carbocycles. The van der Waals surface area contributed by atoms with E-state index in [-0.39, 0.29) is 15.9 Å². The van der Waals surface area contributed by atoms with E-state index in [0.717, 1.165) is 10.5 Å². The molecule has 0 bridgehead atoms. The van der Waals surface area contributed by atoms with Crippen LogP contribution < -0.4 is 0 Å². The number of benzene rings is 1. The number of rotatable bonds is 5. The summed E-state index contributed by atoms with van der Waals surface area (Å²) in [6.45, 7) is 3.55. The van der Waals surface area contributed by atoms with Crippen molar-refractivity contribution in [3.8, 4) is 0 Å². The molecule has 0 aromatic heterocycles. The minimum absolute atomic E-state index is 0.0634. The van der Waals surface area contributed by atoms with Gasteiger partial charge in [-0.1, -0.05) is 40.9 Å². The average molecular weight is 327 g/mol. The Bertz CT molecular complexity index is 548. The van der Waals surface area contributed by atoms with Gasteiger partial charge in [0.2, 0.25) is 0 Å². The Morgan fingerprint density at radius 3 is 2.28 bits per heavy atom. The molecule has 18 heavy (non-hydrogen) atoms. The standard InChI is InChI=1S/C11H10Cl3NO2S/c1-2-7-15(8-11(13)14)18(16,17)10-5-3-9(12)4-6-10/h2-6,8H,1,7H2. The second kappa shape index (κ2) is 6.48. The molecule has 0 heterocycles. The van der Waals surface area contributed by atoms with Crippen molar-refractivity contribution in [1.29, 1.82) is 0 Å². The molecule has 1 rings (SSSR count). The van der Waals surface area contributed by atoms with Gasteiger partial charge in [0.05, 0.1) is 11.4 Å². The highest BCUT2D eigenvalue weighted by Crippen LogP contribution is 2.20. The van der Waals surface area contributed by atoms with Crippen molar-refractivity contribution < 1.29 is 8.42 Å². The number of hydrogen-bond acceptors (Lipinski definition) is 2. The van der Waals surface area contributed by atoms with Crippen molar-refractivity contribution in [3.63, 3.8) is 0 Å². The molecule has 0 radical (unpaired) electrons. The molecule has 1 aromatic carbocycles. The minimum atomic E-state index is -3.72. The molecule has 3 nitrogen and oxygen atoms in total. The Kier molecular flexibility index (Phi) is 5.53. The van der Waals surface area contributed by atoms with E-state index in [1.807, 2.05) is 0 Å².